The zero-order valence-corrected chi connectivity index (χ0v) is 14.0. The van der Waals surface area contributed by atoms with Crippen LogP contribution in [0.1, 0.15) is 12.8 Å². The molecule has 1 atom stereocenters. The number of benzene rings is 1. The molecule has 7 nitrogen and oxygen atoms in total. The molecule has 1 saturated heterocycles. The first-order valence-corrected chi connectivity index (χ1v) is 10.0. The van der Waals surface area contributed by atoms with Crippen LogP contribution in [-0.4, -0.2) is 47.8 Å². The largest absolute Gasteiger partial charge is 0.319 e. The normalized spacial score (nSPS) is 20.9. The lowest BCUT2D eigenvalue weighted by atomic mass is 10.00. The minimum absolute atomic E-state index is 0.0378. The Balaban J connectivity index is 2.30. The quantitative estimate of drug-likeness (QED) is 0.776. The van der Waals surface area contributed by atoms with Gasteiger partial charge in [0.2, 0.25) is 20.0 Å². The molecule has 1 aromatic carbocycles. The van der Waals surface area contributed by atoms with Gasteiger partial charge in [-0.15, -0.1) is 0 Å². The Hall–Kier alpha value is -1.00. The number of sulfonamides is 2. The molecule has 124 valence electrons. The van der Waals surface area contributed by atoms with Gasteiger partial charge in [-0.1, -0.05) is 6.07 Å². The molecule has 2 rings (SSSR count). The van der Waals surface area contributed by atoms with Gasteiger partial charge in [0.05, 0.1) is 9.79 Å². The molecule has 0 amide bonds. The number of rotatable bonds is 5. The van der Waals surface area contributed by atoms with Crippen molar-refractivity contribution in [1.82, 2.24) is 9.62 Å². The summed E-state index contributed by atoms with van der Waals surface area (Å²) >= 11 is 0. The van der Waals surface area contributed by atoms with Gasteiger partial charge in [-0.3, -0.25) is 0 Å². The molecule has 0 saturated carbocycles. The van der Waals surface area contributed by atoms with Crippen LogP contribution in [0.2, 0.25) is 0 Å². The first-order valence-electron chi connectivity index (χ1n) is 7.03. The Labute approximate surface area is 131 Å². The van der Waals surface area contributed by atoms with Crippen LogP contribution in [0.15, 0.2) is 34.1 Å². The van der Waals surface area contributed by atoms with Crippen molar-refractivity contribution in [2.24, 2.45) is 11.1 Å². The summed E-state index contributed by atoms with van der Waals surface area (Å²) in [5, 5.41) is 8.13. The number of nitrogens with two attached hydrogens (primary N) is 1. The molecule has 1 aliphatic heterocycles. The van der Waals surface area contributed by atoms with E-state index in [4.69, 9.17) is 5.14 Å². The summed E-state index contributed by atoms with van der Waals surface area (Å²) in [6.45, 7) is 1.63. The van der Waals surface area contributed by atoms with E-state index in [-0.39, 0.29) is 15.7 Å². The molecule has 0 bridgehead atoms. The van der Waals surface area contributed by atoms with E-state index >= 15 is 0 Å². The third-order valence-corrected chi connectivity index (χ3v) is 6.52. The van der Waals surface area contributed by atoms with Crippen LogP contribution in [0.25, 0.3) is 0 Å². The number of nitrogens with one attached hydrogen (secondary N) is 1. The van der Waals surface area contributed by atoms with Gasteiger partial charge in [0, 0.05) is 13.1 Å². The number of hydrogen-bond donors (Lipinski definition) is 2. The predicted molar refractivity (Wildman–Crippen MR) is 83.2 cm³/mol. The lowest BCUT2D eigenvalue weighted by Gasteiger charge is -2.31. The molecule has 0 aromatic heterocycles. The highest BCUT2D eigenvalue weighted by atomic mass is 32.2. The molecule has 1 heterocycles. The summed E-state index contributed by atoms with van der Waals surface area (Å²) in [5.74, 6) is 0.259. The average Bonchev–Trinajstić information content (AvgIpc) is 2.47. The highest BCUT2D eigenvalue weighted by Gasteiger charge is 2.30. The van der Waals surface area contributed by atoms with Crippen molar-refractivity contribution in [3.8, 4) is 0 Å². The molecule has 1 fully saturated rings. The van der Waals surface area contributed by atoms with Gasteiger partial charge >= 0.3 is 0 Å². The van der Waals surface area contributed by atoms with Crippen molar-refractivity contribution in [2.45, 2.75) is 22.6 Å². The first-order chi connectivity index (χ1) is 10.2. The third kappa shape index (κ3) is 3.85. The number of piperidine rings is 1. The first kappa shape index (κ1) is 17.4. The summed E-state index contributed by atoms with van der Waals surface area (Å²) in [6.07, 6.45) is 1.77. The van der Waals surface area contributed by atoms with Crippen molar-refractivity contribution in [2.75, 3.05) is 26.7 Å². The van der Waals surface area contributed by atoms with Gasteiger partial charge in [-0.05, 0) is 50.6 Å². The number of hydrogen-bond acceptors (Lipinski definition) is 5. The molecule has 0 aliphatic carbocycles. The van der Waals surface area contributed by atoms with Crippen molar-refractivity contribution in [3.63, 3.8) is 0 Å². The molecule has 22 heavy (non-hydrogen) atoms. The molecule has 1 aromatic rings. The van der Waals surface area contributed by atoms with E-state index in [1.807, 2.05) is 7.05 Å². The van der Waals surface area contributed by atoms with Crippen molar-refractivity contribution < 1.29 is 16.8 Å². The van der Waals surface area contributed by atoms with E-state index in [0.29, 0.717) is 13.1 Å². The molecular formula is C13H21N3O4S2. The summed E-state index contributed by atoms with van der Waals surface area (Å²) in [5.41, 5.74) is 0. The van der Waals surface area contributed by atoms with Gasteiger partial charge in [0.1, 0.15) is 0 Å². The van der Waals surface area contributed by atoms with Gasteiger partial charge < -0.3 is 5.32 Å². The fraction of sp³-hybridized carbons (Fsp3) is 0.538. The second-order valence-corrected chi connectivity index (χ2v) is 8.95. The molecule has 0 unspecified atom stereocenters. The fourth-order valence-corrected chi connectivity index (χ4v) is 4.90. The molecule has 3 N–H and O–H groups in total. The van der Waals surface area contributed by atoms with Gasteiger partial charge in [0.25, 0.3) is 0 Å². The SMILES string of the molecule is CNC[C@@H]1CCCN(S(=O)(=O)c2cccc(S(N)(=O)=O)c2)C1. The Morgan fingerprint density at radius 2 is 1.95 bits per heavy atom. The second kappa shape index (κ2) is 6.63. The monoisotopic (exact) mass is 347 g/mol. The smallest absolute Gasteiger partial charge is 0.243 e. The number of nitrogens with zero attached hydrogens (tertiary/aromatic N) is 1. The lowest BCUT2D eigenvalue weighted by Crippen LogP contribution is -2.42. The molecule has 0 radical (unpaired) electrons. The maximum Gasteiger partial charge on any atom is 0.243 e. The van der Waals surface area contributed by atoms with Crippen LogP contribution in [0.4, 0.5) is 0 Å². The maximum atomic E-state index is 12.7. The Bertz CT molecular complexity index is 729. The van der Waals surface area contributed by atoms with Crippen LogP contribution >= 0.6 is 0 Å². The van der Waals surface area contributed by atoms with Crippen LogP contribution in [-0.2, 0) is 20.0 Å². The van der Waals surface area contributed by atoms with E-state index in [0.717, 1.165) is 25.5 Å². The van der Waals surface area contributed by atoms with E-state index < -0.39 is 20.0 Å². The Morgan fingerprint density at radius 1 is 1.27 bits per heavy atom. The Kier molecular flexibility index (Phi) is 5.23. The topological polar surface area (TPSA) is 110 Å². The van der Waals surface area contributed by atoms with E-state index in [1.54, 1.807) is 0 Å². The van der Waals surface area contributed by atoms with Gasteiger partial charge in [0.15, 0.2) is 0 Å². The highest BCUT2D eigenvalue weighted by Crippen LogP contribution is 2.24. The molecule has 0 spiro atoms. The third-order valence-electron chi connectivity index (χ3n) is 3.75. The summed E-state index contributed by atoms with van der Waals surface area (Å²) in [6, 6.07) is 5.19. The predicted octanol–water partition coefficient (Wildman–Crippen LogP) is -0.0459. The summed E-state index contributed by atoms with van der Waals surface area (Å²) < 4.78 is 49.6. The van der Waals surface area contributed by atoms with E-state index in [2.05, 4.69) is 5.32 Å². The fourth-order valence-electron chi connectivity index (χ4n) is 2.66. The standard InChI is InChI=1S/C13H21N3O4S2/c1-15-9-11-4-3-7-16(10-11)22(19,20)13-6-2-5-12(8-13)21(14,17)18/h2,5-6,8,11,15H,3-4,7,9-10H2,1H3,(H2,14,17,18)/t11-/m0/s1. The Morgan fingerprint density at radius 3 is 2.59 bits per heavy atom. The van der Waals surface area contributed by atoms with E-state index in [1.165, 1.54) is 22.5 Å². The van der Waals surface area contributed by atoms with Crippen LogP contribution in [0.5, 0.6) is 0 Å². The van der Waals surface area contributed by atoms with Gasteiger partial charge in [-0.2, -0.15) is 4.31 Å². The second-order valence-electron chi connectivity index (χ2n) is 5.45. The highest BCUT2D eigenvalue weighted by molar-refractivity contribution is 7.90. The minimum Gasteiger partial charge on any atom is -0.319 e. The maximum absolute atomic E-state index is 12.7. The molecule has 1 aliphatic rings. The van der Waals surface area contributed by atoms with Crippen molar-refractivity contribution in [3.05, 3.63) is 24.3 Å². The summed E-state index contributed by atoms with van der Waals surface area (Å²) in [7, 11) is -5.80. The average molecular weight is 347 g/mol. The van der Waals surface area contributed by atoms with Gasteiger partial charge in [-0.25, -0.2) is 22.0 Å². The zero-order valence-electron chi connectivity index (χ0n) is 12.4. The van der Waals surface area contributed by atoms with Crippen LogP contribution in [0.3, 0.4) is 0 Å². The van der Waals surface area contributed by atoms with Crippen LogP contribution < -0.4 is 10.5 Å². The molecular weight excluding hydrogens is 326 g/mol. The van der Waals surface area contributed by atoms with Crippen molar-refractivity contribution in [1.29, 1.82) is 0 Å². The van der Waals surface area contributed by atoms with Crippen LogP contribution in [0, 0.1) is 5.92 Å². The summed E-state index contributed by atoms with van der Waals surface area (Å²) in [4.78, 5) is -0.235. The minimum atomic E-state index is -3.93. The molecule has 9 heteroatoms. The zero-order chi connectivity index (χ0) is 16.4. The van der Waals surface area contributed by atoms with E-state index in [9.17, 15) is 16.8 Å². The van der Waals surface area contributed by atoms with Crippen molar-refractivity contribution >= 4 is 20.0 Å². The lowest BCUT2D eigenvalue weighted by molar-refractivity contribution is 0.263. The number of primary sulfonamides is 1.